The molecule has 0 aliphatic carbocycles. The van der Waals surface area contributed by atoms with E-state index in [1.807, 2.05) is 28.6 Å². The summed E-state index contributed by atoms with van der Waals surface area (Å²) in [6.45, 7) is 3.26. The average Bonchev–Trinajstić information content (AvgIpc) is 2.66. The van der Waals surface area contributed by atoms with E-state index >= 15 is 0 Å². The molecule has 1 N–H and O–H groups in total. The van der Waals surface area contributed by atoms with Crippen LogP contribution in [0.2, 0.25) is 0 Å². The first kappa shape index (κ1) is 16.7. The third-order valence-corrected chi connectivity index (χ3v) is 2.36. The first-order valence-electron chi connectivity index (χ1n) is 5.74. The van der Waals surface area contributed by atoms with Crippen molar-refractivity contribution in [1.82, 2.24) is 4.57 Å². The molecule has 0 atom stereocenters. The largest absolute Gasteiger partial charge is 1.00 e. The molecule has 0 saturated heterocycles. The molecule has 6 heteroatoms. The van der Waals surface area contributed by atoms with Gasteiger partial charge in [-0.15, -0.1) is 0 Å². The zero-order valence-electron chi connectivity index (χ0n) is 10.8. The van der Waals surface area contributed by atoms with Gasteiger partial charge in [0, 0.05) is 0 Å². The topological polar surface area (TPSA) is 50.6 Å². The summed E-state index contributed by atoms with van der Waals surface area (Å²) in [6, 6.07) is 0. The van der Waals surface area contributed by atoms with Gasteiger partial charge in [0.1, 0.15) is 12.4 Å². The summed E-state index contributed by atoms with van der Waals surface area (Å²) in [6.07, 6.45) is 11.4. The summed E-state index contributed by atoms with van der Waals surface area (Å²) in [5, 5.41) is 11.6. The third kappa shape index (κ3) is 5.33. The molecule has 0 amide bonds. The maximum atomic E-state index is 8.55. The average molecular weight is 274 g/mol. The Balaban J connectivity index is 0.00000289. The monoisotopic (exact) mass is 273 g/mol. The van der Waals surface area contributed by atoms with Gasteiger partial charge < -0.3 is 22.4 Å². The SMILES string of the molecule is CC/C=C/CCOCn1cc[n+](C)c1/C=N/O.[Cl-]. The quantitative estimate of drug-likeness (QED) is 0.163. The van der Waals surface area contributed by atoms with Gasteiger partial charge in [-0.25, -0.2) is 9.13 Å². The first-order chi connectivity index (χ1) is 8.29. The molecule has 1 aromatic rings. The van der Waals surface area contributed by atoms with E-state index in [0.717, 1.165) is 18.7 Å². The van der Waals surface area contributed by atoms with Gasteiger partial charge in [-0.2, -0.15) is 0 Å². The van der Waals surface area contributed by atoms with Crippen LogP contribution in [0.1, 0.15) is 25.6 Å². The number of nitrogens with zero attached hydrogens (tertiary/aromatic N) is 3. The molecule has 0 aromatic carbocycles. The zero-order chi connectivity index (χ0) is 12.5. The van der Waals surface area contributed by atoms with E-state index in [1.165, 1.54) is 6.21 Å². The zero-order valence-corrected chi connectivity index (χ0v) is 11.5. The van der Waals surface area contributed by atoms with E-state index in [4.69, 9.17) is 9.94 Å². The number of hydrogen-bond donors (Lipinski definition) is 1. The molecule has 0 aliphatic rings. The Kier molecular flexibility index (Phi) is 8.96. The van der Waals surface area contributed by atoms with Gasteiger partial charge in [-0.3, -0.25) is 0 Å². The van der Waals surface area contributed by atoms with Crippen molar-refractivity contribution in [2.45, 2.75) is 26.5 Å². The molecule has 102 valence electrons. The van der Waals surface area contributed by atoms with Gasteiger partial charge in [-0.1, -0.05) is 24.2 Å². The number of ether oxygens (including phenoxy) is 1. The smallest absolute Gasteiger partial charge is 0.305 e. The number of allylic oxidation sites excluding steroid dienone is 1. The van der Waals surface area contributed by atoms with Gasteiger partial charge in [0.15, 0.2) is 12.9 Å². The van der Waals surface area contributed by atoms with Crippen LogP contribution >= 0.6 is 0 Å². The van der Waals surface area contributed by atoms with Crippen LogP contribution in [-0.4, -0.2) is 22.6 Å². The molecule has 1 heterocycles. The fraction of sp³-hybridized carbons (Fsp3) is 0.500. The Labute approximate surface area is 114 Å². The Morgan fingerprint density at radius 1 is 1.50 bits per heavy atom. The van der Waals surface area contributed by atoms with Crippen LogP contribution < -0.4 is 17.0 Å². The summed E-state index contributed by atoms with van der Waals surface area (Å²) in [7, 11) is 1.89. The van der Waals surface area contributed by atoms with Crippen molar-refractivity contribution in [2.75, 3.05) is 6.61 Å². The van der Waals surface area contributed by atoms with E-state index < -0.39 is 0 Å². The van der Waals surface area contributed by atoms with Crippen LogP contribution in [0.5, 0.6) is 0 Å². The van der Waals surface area contributed by atoms with E-state index in [2.05, 4.69) is 24.2 Å². The molecule has 0 bridgehead atoms. The summed E-state index contributed by atoms with van der Waals surface area (Å²) in [5.41, 5.74) is 0. The second-order valence-electron chi connectivity index (χ2n) is 3.69. The molecule has 0 unspecified atom stereocenters. The number of hydrogen-bond acceptors (Lipinski definition) is 3. The molecule has 0 fully saturated rings. The van der Waals surface area contributed by atoms with E-state index in [1.54, 1.807) is 0 Å². The number of oxime groups is 1. The second kappa shape index (κ2) is 9.67. The molecule has 0 aliphatic heterocycles. The van der Waals surface area contributed by atoms with Crippen molar-refractivity contribution in [3.8, 4) is 0 Å². The van der Waals surface area contributed by atoms with Crippen LogP contribution in [0.25, 0.3) is 0 Å². The molecule has 0 saturated carbocycles. The van der Waals surface area contributed by atoms with E-state index in [-0.39, 0.29) is 12.4 Å². The van der Waals surface area contributed by atoms with Gasteiger partial charge >= 0.3 is 5.82 Å². The van der Waals surface area contributed by atoms with Gasteiger partial charge in [0.05, 0.1) is 13.7 Å². The highest BCUT2D eigenvalue weighted by Gasteiger charge is 2.11. The number of imidazole rings is 1. The fourth-order valence-corrected chi connectivity index (χ4v) is 1.46. The van der Waals surface area contributed by atoms with Gasteiger partial charge in [-0.05, 0) is 12.8 Å². The molecule has 1 rings (SSSR count). The highest BCUT2D eigenvalue weighted by Crippen LogP contribution is 1.95. The number of aryl methyl sites for hydroxylation is 1. The minimum Gasteiger partial charge on any atom is -1.00 e. The number of aromatic nitrogens is 2. The Morgan fingerprint density at radius 2 is 2.28 bits per heavy atom. The minimum absolute atomic E-state index is 0. The lowest BCUT2D eigenvalue weighted by Gasteiger charge is -2.00. The van der Waals surface area contributed by atoms with Crippen molar-refractivity contribution in [1.29, 1.82) is 0 Å². The van der Waals surface area contributed by atoms with Crippen LogP contribution in [0, 0.1) is 0 Å². The highest BCUT2D eigenvalue weighted by atomic mass is 35.5. The van der Waals surface area contributed by atoms with Crippen molar-refractivity contribution in [3.63, 3.8) is 0 Å². The van der Waals surface area contributed by atoms with E-state index in [9.17, 15) is 0 Å². The van der Waals surface area contributed by atoms with Crippen molar-refractivity contribution < 1.29 is 26.9 Å². The first-order valence-corrected chi connectivity index (χ1v) is 5.74. The predicted molar refractivity (Wildman–Crippen MR) is 65.0 cm³/mol. The number of rotatable bonds is 7. The molecule has 1 aromatic heterocycles. The normalized spacial score (nSPS) is 11.2. The van der Waals surface area contributed by atoms with Crippen LogP contribution in [0.3, 0.4) is 0 Å². The molecule has 0 radical (unpaired) electrons. The lowest BCUT2D eigenvalue weighted by molar-refractivity contribution is -0.672. The minimum atomic E-state index is 0. The lowest BCUT2D eigenvalue weighted by atomic mass is 10.3. The Morgan fingerprint density at radius 3 is 2.94 bits per heavy atom. The molecular weight excluding hydrogens is 254 g/mol. The van der Waals surface area contributed by atoms with Crippen LogP contribution in [-0.2, 0) is 18.5 Å². The Bertz CT molecular complexity index is 389. The summed E-state index contributed by atoms with van der Waals surface area (Å²) in [5.74, 6) is 0.789. The van der Waals surface area contributed by atoms with Crippen molar-refractivity contribution >= 4 is 6.21 Å². The highest BCUT2D eigenvalue weighted by molar-refractivity contribution is 5.72. The maximum Gasteiger partial charge on any atom is 0.305 e. The predicted octanol–water partition coefficient (Wildman–Crippen LogP) is -1.54. The molecule has 0 spiro atoms. The second-order valence-corrected chi connectivity index (χ2v) is 3.69. The summed E-state index contributed by atoms with van der Waals surface area (Å²) < 4.78 is 9.26. The molecule has 5 nitrogen and oxygen atoms in total. The molecule has 18 heavy (non-hydrogen) atoms. The summed E-state index contributed by atoms with van der Waals surface area (Å²) >= 11 is 0. The standard InChI is InChI=1S/C12H19N3O2.ClH/c1-3-4-5-6-9-17-11-15-8-7-14(2)12(15)10-13-16;/h4-5,7-8,10H,3,6,9,11H2,1-2H3;1H/b5-4+;. The maximum absolute atomic E-state index is 8.55. The summed E-state index contributed by atoms with van der Waals surface area (Å²) in [4.78, 5) is 0. The third-order valence-electron chi connectivity index (χ3n) is 2.36. The van der Waals surface area contributed by atoms with Crippen molar-refractivity contribution in [2.24, 2.45) is 12.2 Å². The van der Waals surface area contributed by atoms with Crippen LogP contribution in [0.15, 0.2) is 29.7 Å². The van der Waals surface area contributed by atoms with Crippen molar-refractivity contribution in [3.05, 3.63) is 30.4 Å². The Hall–Kier alpha value is -1.33. The fourth-order valence-electron chi connectivity index (χ4n) is 1.46. The van der Waals surface area contributed by atoms with E-state index in [0.29, 0.717) is 13.3 Å². The van der Waals surface area contributed by atoms with Gasteiger partial charge in [0.2, 0.25) is 0 Å². The van der Waals surface area contributed by atoms with Gasteiger partial charge in [0.25, 0.3) is 0 Å². The number of halogens is 1. The van der Waals surface area contributed by atoms with Crippen LogP contribution in [0.4, 0.5) is 0 Å². The molecular formula is C12H20ClN3O2. The lowest BCUT2D eigenvalue weighted by Crippen LogP contribution is -3.00.